The number of nitrogens with zero attached hydrogens (tertiary/aromatic N) is 4. The molecule has 0 aliphatic carbocycles. The molecule has 0 saturated heterocycles. The Morgan fingerprint density at radius 3 is 2.53 bits per heavy atom. The third-order valence-electron chi connectivity index (χ3n) is 5.82. The number of imidazole rings is 1. The lowest BCUT2D eigenvalue weighted by atomic mass is 9.99. The molecule has 0 spiro atoms. The van der Waals surface area contributed by atoms with Gasteiger partial charge in [-0.15, -0.1) is 0 Å². The standard InChI is InChI=1S/C23H27N5O4/c1-14(12-28-13-24-20-19(28)22(31)27(3)23(32)26(20)2)25-21(30)18(29)11-16-9-6-8-15-7-4-5-10-17(15)16/h4-10,13-14,18,21,25,29-30H,11-12H2,1-3H3. The molecule has 0 amide bonds. The molecule has 3 atom stereocenters. The van der Waals surface area contributed by atoms with Crippen molar-refractivity contribution < 1.29 is 10.2 Å². The summed E-state index contributed by atoms with van der Waals surface area (Å²) in [6, 6.07) is 13.5. The lowest BCUT2D eigenvalue weighted by Gasteiger charge is -2.24. The van der Waals surface area contributed by atoms with Crippen molar-refractivity contribution in [3.63, 3.8) is 0 Å². The number of hydrogen-bond acceptors (Lipinski definition) is 6. The van der Waals surface area contributed by atoms with Crippen molar-refractivity contribution in [2.75, 3.05) is 0 Å². The van der Waals surface area contributed by atoms with Gasteiger partial charge in [0.05, 0.1) is 12.4 Å². The topological polar surface area (TPSA) is 114 Å². The average Bonchev–Trinajstić information content (AvgIpc) is 3.19. The summed E-state index contributed by atoms with van der Waals surface area (Å²) >= 11 is 0. The molecule has 0 aliphatic rings. The predicted molar refractivity (Wildman–Crippen MR) is 122 cm³/mol. The molecule has 9 nitrogen and oxygen atoms in total. The minimum absolute atomic E-state index is 0.286. The Kier molecular flexibility index (Phi) is 5.96. The Bertz CT molecular complexity index is 1380. The summed E-state index contributed by atoms with van der Waals surface area (Å²) in [6.07, 6.45) is -0.385. The zero-order chi connectivity index (χ0) is 23.0. The van der Waals surface area contributed by atoms with Crippen LogP contribution in [-0.4, -0.2) is 47.3 Å². The summed E-state index contributed by atoms with van der Waals surface area (Å²) in [5.41, 5.74) is 0.709. The number of nitrogens with one attached hydrogen (secondary N) is 1. The molecule has 2 aromatic carbocycles. The van der Waals surface area contributed by atoms with Gasteiger partial charge in [-0.05, 0) is 23.3 Å². The van der Waals surface area contributed by atoms with Crippen LogP contribution in [0, 0.1) is 0 Å². The Morgan fingerprint density at radius 1 is 1.03 bits per heavy atom. The van der Waals surface area contributed by atoms with Gasteiger partial charge in [-0.2, -0.15) is 0 Å². The fraction of sp³-hybridized carbons (Fsp3) is 0.348. The summed E-state index contributed by atoms with van der Waals surface area (Å²) in [4.78, 5) is 28.9. The van der Waals surface area contributed by atoms with Gasteiger partial charge < -0.3 is 14.8 Å². The van der Waals surface area contributed by atoms with Crippen LogP contribution in [0.25, 0.3) is 21.9 Å². The van der Waals surface area contributed by atoms with Gasteiger partial charge in [0.15, 0.2) is 11.2 Å². The number of benzene rings is 2. The van der Waals surface area contributed by atoms with Gasteiger partial charge in [-0.1, -0.05) is 42.5 Å². The van der Waals surface area contributed by atoms with Crippen LogP contribution in [0.3, 0.4) is 0 Å². The first-order valence-electron chi connectivity index (χ1n) is 10.5. The minimum atomic E-state index is -1.16. The number of aliphatic hydroxyl groups is 2. The van der Waals surface area contributed by atoms with Crippen molar-refractivity contribution in [3.8, 4) is 0 Å². The molecule has 0 aliphatic heterocycles. The van der Waals surface area contributed by atoms with Crippen molar-refractivity contribution in [1.82, 2.24) is 24.0 Å². The first-order chi connectivity index (χ1) is 15.3. The molecule has 0 fully saturated rings. The van der Waals surface area contributed by atoms with Gasteiger partial charge in [-0.25, -0.2) is 9.78 Å². The molecular formula is C23H27N5O4. The highest BCUT2D eigenvalue weighted by Gasteiger charge is 2.21. The Morgan fingerprint density at radius 2 is 1.75 bits per heavy atom. The highest BCUT2D eigenvalue weighted by molar-refractivity contribution is 5.85. The lowest BCUT2D eigenvalue weighted by Crippen LogP contribution is -2.46. The maximum Gasteiger partial charge on any atom is 0.332 e. The monoisotopic (exact) mass is 437 g/mol. The molecule has 4 aromatic rings. The summed E-state index contributed by atoms with van der Waals surface area (Å²) in [6.45, 7) is 2.16. The van der Waals surface area contributed by atoms with E-state index in [1.807, 2.05) is 49.4 Å². The van der Waals surface area contributed by atoms with E-state index in [0.29, 0.717) is 24.1 Å². The maximum absolute atomic E-state index is 12.6. The minimum Gasteiger partial charge on any atom is -0.389 e. The molecule has 9 heteroatoms. The van der Waals surface area contributed by atoms with E-state index in [0.717, 1.165) is 20.9 Å². The largest absolute Gasteiger partial charge is 0.389 e. The first-order valence-corrected chi connectivity index (χ1v) is 10.5. The first kappa shape index (κ1) is 21.9. The van der Waals surface area contributed by atoms with Crippen molar-refractivity contribution in [3.05, 3.63) is 75.2 Å². The van der Waals surface area contributed by atoms with E-state index in [-0.39, 0.29) is 6.04 Å². The van der Waals surface area contributed by atoms with Gasteiger partial charge in [0.1, 0.15) is 6.23 Å². The second-order valence-corrected chi connectivity index (χ2v) is 8.20. The molecule has 2 heterocycles. The zero-order valence-corrected chi connectivity index (χ0v) is 18.3. The quantitative estimate of drug-likeness (QED) is 0.363. The van der Waals surface area contributed by atoms with E-state index in [4.69, 9.17) is 0 Å². The molecule has 0 saturated carbocycles. The molecule has 3 N–H and O–H groups in total. The smallest absolute Gasteiger partial charge is 0.332 e. The Hall–Kier alpha value is -3.27. The van der Waals surface area contributed by atoms with Crippen LogP contribution in [-0.2, 0) is 27.1 Å². The second-order valence-electron chi connectivity index (χ2n) is 8.20. The predicted octanol–water partition coefficient (Wildman–Crippen LogP) is 0.487. The highest BCUT2D eigenvalue weighted by Crippen LogP contribution is 2.20. The fourth-order valence-electron chi connectivity index (χ4n) is 4.09. The van der Waals surface area contributed by atoms with Gasteiger partial charge in [0.2, 0.25) is 0 Å². The van der Waals surface area contributed by atoms with Crippen LogP contribution in [0.2, 0.25) is 0 Å². The van der Waals surface area contributed by atoms with Crippen molar-refractivity contribution >= 4 is 21.9 Å². The number of aromatic nitrogens is 4. The lowest BCUT2D eigenvalue weighted by molar-refractivity contribution is -0.00791. The number of fused-ring (bicyclic) bond motifs is 2. The number of hydrogen-bond donors (Lipinski definition) is 3. The summed E-state index contributed by atoms with van der Waals surface area (Å²) in [5.74, 6) is 0. The van der Waals surface area contributed by atoms with Gasteiger partial charge >= 0.3 is 5.69 Å². The molecular weight excluding hydrogens is 410 g/mol. The zero-order valence-electron chi connectivity index (χ0n) is 18.3. The van der Waals surface area contributed by atoms with Crippen molar-refractivity contribution in [1.29, 1.82) is 0 Å². The van der Waals surface area contributed by atoms with E-state index in [1.54, 1.807) is 11.6 Å². The molecule has 2 aromatic heterocycles. The SMILES string of the molecule is CC(Cn1cnc2c1c(=O)n(C)c(=O)n2C)NC(O)C(O)Cc1cccc2ccccc12. The van der Waals surface area contributed by atoms with Crippen molar-refractivity contribution in [2.45, 2.75) is 38.3 Å². The van der Waals surface area contributed by atoms with E-state index in [9.17, 15) is 19.8 Å². The number of rotatable bonds is 7. The van der Waals surface area contributed by atoms with Gasteiger partial charge in [0, 0.05) is 33.1 Å². The second kappa shape index (κ2) is 8.70. The third-order valence-corrected chi connectivity index (χ3v) is 5.82. The molecule has 32 heavy (non-hydrogen) atoms. The molecule has 3 unspecified atom stereocenters. The maximum atomic E-state index is 12.6. The fourth-order valence-corrected chi connectivity index (χ4v) is 4.09. The molecule has 0 bridgehead atoms. The van der Waals surface area contributed by atoms with E-state index in [2.05, 4.69) is 10.3 Å². The van der Waals surface area contributed by atoms with E-state index < -0.39 is 23.6 Å². The van der Waals surface area contributed by atoms with Gasteiger partial charge in [-0.3, -0.25) is 19.2 Å². The van der Waals surface area contributed by atoms with Crippen LogP contribution >= 0.6 is 0 Å². The average molecular weight is 438 g/mol. The van der Waals surface area contributed by atoms with E-state index in [1.165, 1.54) is 17.9 Å². The van der Waals surface area contributed by atoms with Crippen molar-refractivity contribution in [2.24, 2.45) is 14.1 Å². The molecule has 168 valence electrons. The summed E-state index contributed by atoms with van der Waals surface area (Å²) in [7, 11) is 2.99. The van der Waals surface area contributed by atoms with E-state index >= 15 is 0 Å². The van der Waals surface area contributed by atoms with Gasteiger partial charge in [0.25, 0.3) is 5.56 Å². The summed E-state index contributed by atoms with van der Waals surface area (Å²) < 4.78 is 4.02. The van der Waals surface area contributed by atoms with Crippen LogP contribution in [0.15, 0.2) is 58.4 Å². The van der Waals surface area contributed by atoms with Crippen LogP contribution in [0.5, 0.6) is 0 Å². The van der Waals surface area contributed by atoms with Crippen LogP contribution in [0.4, 0.5) is 0 Å². The number of aryl methyl sites for hydroxylation is 1. The highest BCUT2D eigenvalue weighted by atomic mass is 16.3. The number of aliphatic hydroxyl groups excluding tert-OH is 2. The molecule has 4 rings (SSSR count). The summed E-state index contributed by atoms with van der Waals surface area (Å²) in [5, 5.41) is 26.3. The normalized spacial score (nSPS) is 14.7. The molecule has 0 radical (unpaired) electrons. The van der Waals surface area contributed by atoms with Crippen LogP contribution < -0.4 is 16.6 Å². The Labute approximate surface area is 184 Å². The van der Waals surface area contributed by atoms with Crippen LogP contribution in [0.1, 0.15) is 12.5 Å². The Balaban J connectivity index is 1.48. The third kappa shape index (κ3) is 3.97.